The predicted molar refractivity (Wildman–Crippen MR) is 82.3 cm³/mol. The lowest BCUT2D eigenvalue weighted by atomic mass is 9.98. The number of H-pyrrole nitrogens is 1. The summed E-state index contributed by atoms with van der Waals surface area (Å²) in [5.74, 6) is -2.43. The van der Waals surface area contributed by atoms with Gasteiger partial charge < -0.3 is 26.5 Å². The highest BCUT2D eigenvalue weighted by molar-refractivity contribution is 5.91. The molecule has 1 aromatic heterocycles. The molecule has 6 N–H and O–H groups in total. The molecule has 128 valence electrons. The number of carboxylic acid groups (broad SMARTS) is 1. The second-order valence-electron chi connectivity index (χ2n) is 5.32. The lowest BCUT2D eigenvalue weighted by Gasteiger charge is -2.24. The lowest BCUT2D eigenvalue weighted by molar-refractivity contribution is -0.143. The number of amides is 2. The average Bonchev–Trinajstić information content (AvgIpc) is 3.03. The van der Waals surface area contributed by atoms with Crippen molar-refractivity contribution in [1.29, 1.82) is 0 Å². The summed E-state index contributed by atoms with van der Waals surface area (Å²) in [4.78, 5) is 41.9. The molecule has 3 unspecified atom stereocenters. The maximum atomic E-state index is 12.4. The van der Waals surface area contributed by atoms with E-state index in [2.05, 4.69) is 20.6 Å². The van der Waals surface area contributed by atoms with Gasteiger partial charge in [-0.2, -0.15) is 0 Å². The van der Waals surface area contributed by atoms with Gasteiger partial charge in [0.05, 0.1) is 12.9 Å². The Kier molecular flexibility index (Phi) is 7.20. The fourth-order valence-electron chi connectivity index (χ4n) is 2.02. The third-order valence-electron chi connectivity index (χ3n) is 3.59. The molecule has 1 heterocycles. The molecule has 0 saturated carbocycles. The van der Waals surface area contributed by atoms with Gasteiger partial charge in [0.2, 0.25) is 11.8 Å². The van der Waals surface area contributed by atoms with Gasteiger partial charge in [-0.1, -0.05) is 20.3 Å². The minimum Gasteiger partial charge on any atom is -0.480 e. The molecule has 0 spiro atoms. The van der Waals surface area contributed by atoms with Gasteiger partial charge in [0.1, 0.15) is 12.1 Å². The Morgan fingerprint density at radius 3 is 2.57 bits per heavy atom. The van der Waals surface area contributed by atoms with E-state index in [1.807, 2.05) is 6.92 Å². The number of rotatable bonds is 9. The number of nitrogens with zero attached hydrogens (tertiary/aromatic N) is 1. The average molecular weight is 325 g/mol. The summed E-state index contributed by atoms with van der Waals surface area (Å²) in [6.45, 7) is 3.31. The van der Waals surface area contributed by atoms with Crippen LogP contribution in [0.1, 0.15) is 26.0 Å². The van der Waals surface area contributed by atoms with Crippen molar-refractivity contribution in [2.75, 3.05) is 6.54 Å². The van der Waals surface area contributed by atoms with Crippen LogP contribution in [0.5, 0.6) is 0 Å². The second-order valence-corrected chi connectivity index (χ2v) is 5.32. The molecule has 0 radical (unpaired) electrons. The van der Waals surface area contributed by atoms with Crippen LogP contribution in [-0.2, 0) is 20.8 Å². The molecule has 0 fully saturated rings. The Morgan fingerprint density at radius 1 is 1.39 bits per heavy atom. The van der Waals surface area contributed by atoms with E-state index in [-0.39, 0.29) is 18.9 Å². The molecule has 0 aliphatic rings. The first-order valence-corrected chi connectivity index (χ1v) is 7.38. The Morgan fingerprint density at radius 2 is 2.09 bits per heavy atom. The summed E-state index contributed by atoms with van der Waals surface area (Å²) >= 11 is 0. The zero-order valence-electron chi connectivity index (χ0n) is 13.2. The molecule has 1 aromatic rings. The van der Waals surface area contributed by atoms with E-state index >= 15 is 0 Å². The van der Waals surface area contributed by atoms with Gasteiger partial charge in [-0.15, -0.1) is 0 Å². The lowest BCUT2D eigenvalue weighted by Crippen LogP contribution is -2.54. The Labute approximate surface area is 134 Å². The van der Waals surface area contributed by atoms with Crippen molar-refractivity contribution < 1.29 is 19.5 Å². The van der Waals surface area contributed by atoms with Gasteiger partial charge in [0.15, 0.2) is 0 Å². The second kappa shape index (κ2) is 8.89. The molecule has 2 amide bonds. The van der Waals surface area contributed by atoms with E-state index in [1.54, 1.807) is 6.92 Å². The number of aromatic amines is 1. The number of carbonyl (C=O) groups excluding carboxylic acids is 2. The molecule has 9 nitrogen and oxygen atoms in total. The van der Waals surface area contributed by atoms with Crippen LogP contribution < -0.4 is 16.4 Å². The van der Waals surface area contributed by atoms with Crippen LogP contribution in [-0.4, -0.2) is 51.5 Å². The van der Waals surface area contributed by atoms with Gasteiger partial charge >= 0.3 is 5.97 Å². The van der Waals surface area contributed by atoms with Crippen LogP contribution in [0.3, 0.4) is 0 Å². The van der Waals surface area contributed by atoms with Crippen LogP contribution in [0.25, 0.3) is 0 Å². The van der Waals surface area contributed by atoms with E-state index in [9.17, 15) is 19.5 Å². The predicted octanol–water partition coefficient (Wildman–Crippen LogP) is -0.989. The zero-order chi connectivity index (χ0) is 17.4. The Balaban J connectivity index is 2.84. The van der Waals surface area contributed by atoms with E-state index in [4.69, 9.17) is 5.73 Å². The highest BCUT2D eigenvalue weighted by atomic mass is 16.4. The summed E-state index contributed by atoms with van der Waals surface area (Å²) in [6, 6.07) is -1.95. The van der Waals surface area contributed by atoms with Gasteiger partial charge in [0, 0.05) is 18.3 Å². The number of imidazole rings is 1. The van der Waals surface area contributed by atoms with Crippen molar-refractivity contribution >= 4 is 17.8 Å². The van der Waals surface area contributed by atoms with Crippen LogP contribution in [0, 0.1) is 5.92 Å². The minimum absolute atomic E-state index is 0.157. The standard InChI is InChI=1S/C14H23N5O4/c1-3-8(2)12(14(22)23)19-13(21)10(18-11(20)5-15)4-9-6-16-7-17-9/h6-8,10,12H,3-5,15H2,1-2H3,(H,16,17)(H,18,20)(H,19,21)(H,22,23). The molecular formula is C14H23N5O4. The number of nitrogens with one attached hydrogen (secondary N) is 3. The summed E-state index contributed by atoms with van der Waals surface area (Å²) in [7, 11) is 0. The van der Waals surface area contributed by atoms with Crippen molar-refractivity contribution in [3.05, 3.63) is 18.2 Å². The van der Waals surface area contributed by atoms with Gasteiger partial charge in [0.25, 0.3) is 0 Å². The first-order valence-electron chi connectivity index (χ1n) is 7.38. The monoisotopic (exact) mass is 325 g/mol. The van der Waals surface area contributed by atoms with Crippen molar-refractivity contribution in [3.63, 3.8) is 0 Å². The molecule has 3 atom stereocenters. The van der Waals surface area contributed by atoms with Gasteiger partial charge in [-0.05, 0) is 5.92 Å². The summed E-state index contributed by atoms with van der Waals surface area (Å²) in [5, 5.41) is 14.2. The summed E-state index contributed by atoms with van der Waals surface area (Å²) in [5.41, 5.74) is 5.89. The fraction of sp³-hybridized carbons (Fsp3) is 0.571. The van der Waals surface area contributed by atoms with E-state index in [0.717, 1.165) is 0 Å². The fourth-order valence-corrected chi connectivity index (χ4v) is 2.02. The number of aliphatic carboxylic acids is 1. The van der Waals surface area contributed by atoms with Crippen LogP contribution in [0.4, 0.5) is 0 Å². The smallest absolute Gasteiger partial charge is 0.326 e. The maximum absolute atomic E-state index is 12.4. The number of carboxylic acids is 1. The molecule has 23 heavy (non-hydrogen) atoms. The van der Waals surface area contributed by atoms with Crippen molar-refractivity contribution in [1.82, 2.24) is 20.6 Å². The van der Waals surface area contributed by atoms with Crippen LogP contribution >= 0.6 is 0 Å². The van der Waals surface area contributed by atoms with Gasteiger partial charge in [-0.3, -0.25) is 9.59 Å². The molecule has 0 bridgehead atoms. The third kappa shape index (κ3) is 5.70. The molecule has 0 aliphatic heterocycles. The Bertz CT molecular complexity index is 531. The number of hydrogen-bond acceptors (Lipinski definition) is 5. The summed E-state index contributed by atoms with van der Waals surface area (Å²) < 4.78 is 0. The van der Waals surface area contributed by atoms with E-state index in [0.29, 0.717) is 12.1 Å². The quantitative estimate of drug-likeness (QED) is 0.393. The molecule has 1 rings (SSSR count). The van der Waals surface area contributed by atoms with Crippen molar-refractivity contribution in [3.8, 4) is 0 Å². The van der Waals surface area contributed by atoms with E-state index < -0.39 is 29.9 Å². The van der Waals surface area contributed by atoms with Crippen molar-refractivity contribution in [2.45, 2.75) is 38.8 Å². The van der Waals surface area contributed by atoms with E-state index in [1.165, 1.54) is 12.5 Å². The highest BCUT2D eigenvalue weighted by Gasteiger charge is 2.29. The van der Waals surface area contributed by atoms with Crippen LogP contribution in [0.15, 0.2) is 12.5 Å². The summed E-state index contributed by atoms with van der Waals surface area (Å²) in [6.07, 6.45) is 3.73. The van der Waals surface area contributed by atoms with Crippen molar-refractivity contribution in [2.24, 2.45) is 11.7 Å². The number of aromatic nitrogens is 2. The maximum Gasteiger partial charge on any atom is 0.326 e. The number of hydrogen-bond donors (Lipinski definition) is 5. The number of nitrogens with two attached hydrogens (primary N) is 1. The van der Waals surface area contributed by atoms with Crippen LogP contribution in [0.2, 0.25) is 0 Å². The third-order valence-corrected chi connectivity index (χ3v) is 3.59. The normalized spacial score (nSPS) is 14.6. The highest BCUT2D eigenvalue weighted by Crippen LogP contribution is 2.09. The first-order chi connectivity index (χ1) is 10.9. The molecule has 0 aliphatic carbocycles. The van der Waals surface area contributed by atoms with Gasteiger partial charge in [-0.25, -0.2) is 9.78 Å². The minimum atomic E-state index is -1.11. The first kappa shape index (κ1) is 18.6. The Hall–Kier alpha value is -2.42. The number of carbonyl (C=O) groups is 3. The molecule has 0 aromatic carbocycles. The molecule has 9 heteroatoms. The zero-order valence-corrected chi connectivity index (χ0v) is 13.2. The topological polar surface area (TPSA) is 150 Å². The largest absolute Gasteiger partial charge is 0.480 e. The SMILES string of the molecule is CCC(C)C(NC(=O)C(Cc1cnc[nH]1)NC(=O)CN)C(=O)O. The molecular weight excluding hydrogens is 302 g/mol. The molecule has 0 saturated heterocycles.